The van der Waals surface area contributed by atoms with Crippen molar-refractivity contribution in [3.63, 3.8) is 0 Å². The molecule has 0 saturated carbocycles. The highest BCUT2D eigenvalue weighted by Gasteiger charge is 2.18. The van der Waals surface area contributed by atoms with Gasteiger partial charge in [-0.05, 0) is 55.1 Å². The Bertz CT molecular complexity index is 1510. The average Bonchev–Trinajstić information content (AvgIpc) is 3.24. The van der Waals surface area contributed by atoms with Gasteiger partial charge in [0, 0.05) is 28.8 Å². The van der Waals surface area contributed by atoms with Gasteiger partial charge in [0.2, 0.25) is 0 Å². The van der Waals surface area contributed by atoms with E-state index in [9.17, 15) is 4.79 Å². The van der Waals surface area contributed by atoms with E-state index < -0.39 is 0 Å². The fraction of sp³-hybridized carbons (Fsp3) is 0.111. The molecule has 32 heavy (non-hydrogen) atoms. The van der Waals surface area contributed by atoms with Crippen molar-refractivity contribution in [3.05, 3.63) is 119 Å². The third-order valence-corrected chi connectivity index (χ3v) is 5.88. The van der Waals surface area contributed by atoms with Crippen LogP contribution in [0.3, 0.4) is 0 Å². The molecule has 0 saturated heterocycles. The van der Waals surface area contributed by atoms with Crippen LogP contribution in [0.5, 0.6) is 0 Å². The molecular formula is C27H24N4O. The minimum absolute atomic E-state index is 0.0166. The lowest BCUT2D eigenvalue weighted by Crippen LogP contribution is -2.28. The molecule has 158 valence electrons. The predicted octanol–water partition coefficient (Wildman–Crippen LogP) is 5.27. The van der Waals surface area contributed by atoms with Gasteiger partial charge < -0.3 is 5.32 Å². The average molecular weight is 421 g/mol. The van der Waals surface area contributed by atoms with Crippen LogP contribution in [0.1, 0.15) is 29.8 Å². The van der Waals surface area contributed by atoms with E-state index in [4.69, 9.17) is 0 Å². The number of aryl methyl sites for hydroxylation is 1. The van der Waals surface area contributed by atoms with Crippen molar-refractivity contribution in [2.75, 3.05) is 0 Å². The molecule has 5 aromatic rings. The first-order chi connectivity index (χ1) is 15.5. The SMILES string of the molecule is C=C(N[C@@H](C)c1cc2cccc(C)c2c(=O)n1-c1ccccc1)c1cnn2ccccc12. The molecule has 0 aliphatic carbocycles. The van der Waals surface area contributed by atoms with Crippen LogP contribution in [0.25, 0.3) is 27.7 Å². The van der Waals surface area contributed by atoms with Crippen molar-refractivity contribution < 1.29 is 0 Å². The first-order valence-corrected chi connectivity index (χ1v) is 10.6. The van der Waals surface area contributed by atoms with Gasteiger partial charge in [-0.15, -0.1) is 0 Å². The van der Waals surface area contributed by atoms with Crippen LogP contribution in [0.2, 0.25) is 0 Å². The van der Waals surface area contributed by atoms with Gasteiger partial charge in [-0.3, -0.25) is 9.36 Å². The third kappa shape index (κ3) is 3.28. The predicted molar refractivity (Wildman–Crippen MR) is 130 cm³/mol. The lowest BCUT2D eigenvalue weighted by molar-refractivity contribution is 0.652. The first kappa shape index (κ1) is 19.8. The number of para-hydroxylation sites is 1. The van der Waals surface area contributed by atoms with E-state index in [1.165, 1.54) is 0 Å². The van der Waals surface area contributed by atoms with Crippen molar-refractivity contribution in [2.45, 2.75) is 19.9 Å². The van der Waals surface area contributed by atoms with Crippen LogP contribution in [0.15, 0.2) is 96.6 Å². The summed E-state index contributed by atoms with van der Waals surface area (Å²) in [6.45, 7) is 8.29. The van der Waals surface area contributed by atoms with Crippen molar-refractivity contribution >= 4 is 22.0 Å². The summed E-state index contributed by atoms with van der Waals surface area (Å²) in [6, 6.07) is 23.6. The molecule has 0 aliphatic heterocycles. The first-order valence-electron chi connectivity index (χ1n) is 10.6. The van der Waals surface area contributed by atoms with Crippen LogP contribution in [-0.4, -0.2) is 14.2 Å². The molecular weight excluding hydrogens is 396 g/mol. The Labute approximate surface area is 186 Å². The zero-order chi connectivity index (χ0) is 22.2. The molecule has 2 aromatic carbocycles. The van der Waals surface area contributed by atoms with Crippen LogP contribution < -0.4 is 10.9 Å². The van der Waals surface area contributed by atoms with E-state index in [1.807, 2.05) is 97.5 Å². The maximum atomic E-state index is 13.7. The van der Waals surface area contributed by atoms with Crippen LogP contribution in [-0.2, 0) is 0 Å². The summed E-state index contributed by atoms with van der Waals surface area (Å²) >= 11 is 0. The minimum atomic E-state index is -0.168. The van der Waals surface area contributed by atoms with E-state index >= 15 is 0 Å². The Balaban J connectivity index is 1.62. The Morgan fingerprint density at radius 2 is 1.81 bits per heavy atom. The van der Waals surface area contributed by atoms with Gasteiger partial charge in [0.1, 0.15) is 0 Å². The highest BCUT2D eigenvalue weighted by molar-refractivity contribution is 5.85. The Morgan fingerprint density at radius 1 is 1.03 bits per heavy atom. The van der Waals surface area contributed by atoms with Crippen molar-refractivity contribution in [3.8, 4) is 5.69 Å². The molecule has 0 unspecified atom stereocenters. The molecule has 1 N–H and O–H groups in total. The van der Waals surface area contributed by atoms with Gasteiger partial charge in [-0.25, -0.2) is 4.52 Å². The normalized spacial score (nSPS) is 12.2. The number of nitrogens with zero attached hydrogens (tertiary/aromatic N) is 3. The number of rotatable bonds is 5. The summed E-state index contributed by atoms with van der Waals surface area (Å²) < 4.78 is 3.63. The van der Waals surface area contributed by atoms with Crippen LogP contribution >= 0.6 is 0 Å². The van der Waals surface area contributed by atoms with E-state index in [1.54, 1.807) is 4.57 Å². The zero-order valence-electron chi connectivity index (χ0n) is 18.1. The van der Waals surface area contributed by atoms with E-state index in [2.05, 4.69) is 23.1 Å². The Morgan fingerprint density at radius 3 is 2.62 bits per heavy atom. The van der Waals surface area contributed by atoms with Gasteiger partial charge >= 0.3 is 0 Å². The van der Waals surface area contributed by atoms with Crippen molar-refractivity contribution in [1.82, 2.24) is 19.5 Å². The molecule has 5 rings (SSSR count). The number of fused-ring (bicyclic) bond motifs is 2. The molecule has 0 fully saturated rings. The number of hydrogen-bond acceptors (Lipinski definition) is 3. The highest BCUT2D eigenvalue weighted by atomic mass is 16.1. The standard InChI is InChI=1S/C27H24N4O/c1-18-10-9-11-21-16-25(31(27(32)26(18)21)22-12-5-4-6-13-22)20(3)29-19(2)23-17-28-30-15-8-7-14-24(23)30/h4-17,20,29H,2H2,1,3H3/t20-/m0/s1. The molecule has 5 nitrogen and oxygen atoms in total. The second kappa shape index (κ2) is 7.85. The van der Waals surface area contributed by atoms with Gasteiger partial charge in [0.15, 0.2) is 0 Å². The van der Waals surface area contributed by atoms with Crippen molar-refractivity contribution in [1.29, 1.82) is 0 Å². The third-order valence-electron chi connectivity index (χ3n) is 5.88. The fourth-order valence-corrected chi connectivity index (χ4v) is 4.30. The maximum absolute atomic E-state index is 13.7. The number of nitrogens with one attached hydrogen (secondary N) is 1. The summed E-state index contributed by atoms with van der Waals surface area (Å²) in [5.74, 6) is 0. The lowest BCUT2D eigenvalue weighted by atomic mass is 10.0. The van der Waals surface area contributed by atoms with E-state index in [-0.39, 0.29) is 11.6 Å². The molecule has 0 spiro atoms. The second-order valence-electron chi connectivity index (χ2n) is 8.02. The maximum Gasteiger partial charge on any atom is 0.263 e. The second-order valence-corrected chi connectivity index (χ2v) is 8.02. The molecule has 0 radical (unpaired) electrons. The Kier molecular flexibility index (Phi) is 4.86. The number of benzene rings is 2. The number of hydrogen-bond donors (Lipinski definition) is 1. The van der Waals surface area contributed by atoms with Crippen LogP contribution in [0, 0.1) is 6.92 Å². The fourth-order valence-electron chi connectivity index (χ4n) is 4.30. The minimum Gasteiger partial charge on any atom is -0.377 e. The molecule has 0 bridgehead atoms. The van der Waals surface area contributed by atoms with Gasteiger partial charge in [-0.2, -0.15) is 5.10 Å². The van der Waals surface area contributed by atoms with Crippen molar-refractivity contribution in [2.24, 2.45) is 0 Å². The zero-order valence-corrected chi connectivity index (χ0v) is 18.1. The molecule has 0 aliphatic rings. The van der Waals surface area contributed by atoms with Gasteiger partial charge in [-0.1, -0.05) is 49.0 Å². The topological polar surface area (TPSA) is 51.3 Å². The molecule has 5 heteroatoms. The lowest BCUT2D eigenvalue weighted by Gasteiger charge is -2.23. The summed E-state index contributed by atoms with van der Waals surface area (Å²) in [5.41, 5.74) is 5.34. The summed E-state index contributed by atoms with van der Waals surface area (Å²) in [4.78, 5) is 13.7. The molecule has 3 aromatic heterocycles. The monoisotopic (exact) mass is 420 g/mol. The van der Waals surface area contributed by atoms with Crippen LogP contribution in [0.4, 0.5) is 0 Å². The summed E-state index contributed by atoms with van der Waals surface area (Å²) in [7, 11) is 0. The highest BCUT2D eigenvalue weighted by Crippen LogP contribution is 2.25. The van der Waals surface area contributed by atoms with Gasteiger partial charge in [0.25, 0.3) is 5.56 Å². The smallest absolute Gasteiger partial charge is 0.263 e. The Hall–Kier alpha value is -4.12. The molecule has 0 amide bonds. The van der Waals surface area contributed by atoms with Gasteiger partial charge in [0.05, 0.1) is 23.1 Å². The largest absolute Gasteiger partial charge is 0.377 e. The number of aromatic nitrogens is 3. The summed E-state index contributed by atoms with van der Waals surface area (Å²) in [6.07, 6.45) is 3.72. The quantitative estimate of drug-likeness (QED) is 0.421. The molecule has 3 heterocycles. The summed E-state index contributed by atoms with van der Waals surface area (Å²) in [5, 5.41) is 9.59. The van der Waals surface area contributed by atoms with E-state index in [0.29, 0.717) is 0 Å². The van der Waals surface area contributed by atoms with E-state index in [0.717, 1.165) is 44.5 Å². The molecule has 1 atom stereocenters. The number of pyridine rings is 2.